The number of carbonyl (C=O) groups excluding carboxylic acids is 1. The summed E-state index contributed by atoms with van der Waals surface area (Å²) >= 11 is 14.2. The van der Waals surface area contributed by atoms with Crippen molar-refractivity contribution in [1.29, 1.82) is 0 Å². The second kappa shape index (κ2) is 15.8. The number of nitrogens with zero attached hydrogens (tertiary/aromatic N) is 2. The van der Waals surface area contributed by atoms with Gasteiger partial charge < -0.3 is 15.2 Å². The molecule has 0 bridgehead atoms. The predicted molar refractivity (Wildman–Crippen MR) is 159 cm³/mol. The highest BCUT2D eigenvalue weighted by Gasteiger charge is 2.24. The molecule has 0 saturated carbocycles. The number of ether oxygens (including phenoxy) is 2. The minimum Gasteiger partial charge on any atom is -0.381 e. The molecule has 0 aliphatic carbocycles. The SMILES string of the molecule is Fc1c(C2CCOCC2)n[nH]c1CCc1ccc(Cl)s1.Nc1n[nH]c(C2CCOCC2)c1F.O=Cc1ccc(Cl)s1. The summed E-state index contributed by atoms with van der Waals surface area (Å²) < 4.78 is 39.6. The van der Waals surface area contributed by atoms with Crippen LogP contribution in [0.2, 0.25) is 8.67 Å². The van der Waals surface area contributed by atoms with E-state index in [0.717, 1.165) is 47.6 Å². The first-order valence-electron chi connectivity index (χ1n) is 13.2. The summed E-state index contributed by atoms with van der Waals surface area (Å²) in [7, 11) is 0. The maximum Gasteiger partial charge on any atom is 0.188 e. The number of aldehydes is 1. The van der Waals surface area contributed by atoms with Crippen molar-refractivity contribution < 1.29 is 23.0 Å². The highest BCUT2D eigenvalue weighted by atomic mass is 35.5. The van der Waals surface area contributed by atoms with Gasteiger partial charge in [-0.05, 0) is 62.8 Å². The molecule has 41 heavy (non-hydrogen) atoms. The van der Waals surface area contributed by atoms with Gasteiger partial charge in [0, 0.05) is 43.1 Å². The van der Waals surface area contributed by atoms with Crippen LogP contribution in [0.15, 0.2) is 24.3 Å². The number of hydrogen-bond acceptors (Lipinski definition) is 8. The van der Waals surface area contributed by atoms with E-state index in [0.29, 0.717) is 59.1 Å². The number of halogens is 4. The van der Waals surface area contributed by atoms with E-state index < -0.39 is 5.82 Å². The zero-order chi connectivity index (χ0) is 29.2. The first-order valence-corrected chi connectivity index (χ1v) is 15.6. The van der Waals surface area contributed by atoms with E-state index in [1.165, 1.54) is 22.7 Å². The summed E-state index contributed by atoms with van der Waals surface area (Å²) in [6, 6.07) is 7.26. The first-order chi connectivity index (χ1) is 19.9. The molecule has 4 aromatic heterocycles. The fourth-order valence-electron chi connectivity index (χ4n) is 4.53. The van der Waals surface area contributed by atoms with Gasteiger partial charge in [0.15, 0.2) is 23.7 Å². The lowest BCUT2D eigenvalue weighted by atomic mass is 9.96. The summed E-state index contributed by atoms with van der Waals surface area (Å²) in [4.78, 5) is 11.8. The van der Waals surface area contributed by atoms with E-state index in [1.807, 2.05) is 12.1 Å². The monoisotopic (exact) mass is 645 g/mol. The molecule has 0 amide bonds. The van der Waals surface area contributed by atoms with E-state index in [9.17, 15) is 13.6 Å². The third-order valence-electron chi connectivity index (χ3n) is 6.76. The lowest BCUT2D eigenvalue weighted by molar-refractivity contribution is 0.0836. The third kappa shape index (κ3) is 9.07. The molecule has 0 spiro atoms. The molecule has 0 atom stereocenters. The van der Waals surface area contributed by atoms with E-state index in [-0.39, 0.29) is 23.5 Å². The van der Waals surface area contributed by atoms with Crippen LogP contribution < -0.4 is 5.73 Å². The van der Waals surface area contributed by atoms with Gasteiger partial charge in [-0.25, -0.2) is 8.78 Å². The molecular formula is C27H31Cl2F2N5O3S2. The Balaban J connectivity index is 0.000000158. The van der Waals surface area contributed by atoms with Crippen LogP contribution in [0.4, 0.5) is 14.6 Å². The predicted octanol–water partition coefficient (Wildman–Crippen LogP) is 7.18. The summed E-state index contributed by atoms with van der Waals surface area (Å²) in [5.41, 5.74) is 7.00. The number of carbonyl (C=O) groups is 1. The lowest BCUT2D eigenvalue weighted by Crippen LogP contribution is -2.15. The first kappa shape index (κ1) is 31.6. The van der Waals surface area contributed by atoms with E-state index in [4.69, 9.17) is 38.4 Å². The fraction of sp³-hybridized carbons (Fsp3) is 0.444. The third-order valence-corrected chi connectivity index (χ3v) is 9.20. The second-order valence-electron chi connectivity index (χ2n) is 9.48. The Kier molecular flexibility index (Phi) is 12.1. The molecule has 0 aromatic carbocycles. The Morgan fingerprint density at radius 1 is 0.878 bits per heavy atom. The van der Waals surface area contributed by atoms with Crippen LogP contribution in [-0.4, -0.2) is 53.1 Å². The molecule has 2 aliphatic heterocycles. The summed E-state index contributed by atoms with van der Waals surface area (Å²) in [5.74, 6) is -0.239. The maximum atomic E-state index is 14.4. The van der Waals surface area contributed by atoms with Gasteiger partial charge in [0.2, 0.25) is 0 Å². The topological polar surface area (TPSA) is 119 Å². The van der Waals surface area contributed by atoms with Crippen LogP contribution in [-0.2, 0) is 22.3 Å². The largest absolute Gasteiger partial charge is 0.381 e. The van der Waals surface area contributed by atoms with Gasteiger partial charge in [0.05, 0.1) is 24.9 Å². The number of thiophene rings is 2. The number of nitrogens with two attached hydrogens (primary N) is 1. The van der Waals surface area contributed by atoms with Crippen LogP contribution in [0.3, 0.4) is 0 Å². The zero-order valence-corrected chi connectivity index (χ0v) is 25.3. The van der Waals surface area contributed by atoms with Crippen LogP contribution in [0.1, 0.15) is 69.1 Å². The van der Waals surface area contributed by atoms with Crippen molar-refractivity contribution in [3.63, 3.8) is 0 Å². The molecular weight excluding hydrogens is 615 g/mol. The quantitative estimate of drug-likeness (QED) is 0.191. The second-order valence-corrected chi connectivity index (χ2v) is 13.0. The molecule has 222 valence electrons. The number of aromatic nitrogens is 4. The van der Waals surface area contributed by atoms with Crippen LogP contribution in [0.5, 0.6) is 0 Å². The summed E-state index contributed by atoms with van der Waals surface area (Å²) in [6.45, 7) is 2.76. The molecule has 0 radical (unpaired) electrons. The minimum absolute atomic E-state index is 0.0403. The average Bonchev–Trinajstić information content (AvgIpc) is 3.78. The Bertz CT molecular complexity index is 1380. The van der Waals surface area contributed by atoms with Crippen molar-refractivity contribution in [3.05, 3.63) is 71.4 Å². The van der Waals surface area contributed by atoms with E-state index in [2.05, 4.69) is 20.4 Å². The molecule has 2 fully saturated rings. The van der Waals surface area contributed by atoms with Crippen LogP contribution in [0, 0.1) is 11.6 Å². The molecule has 14 heteroatoms. The van der Waals surface area contributed by atoms with Gasteiger partial charge in [-0.2, -0.15) is 10.2 Å². The van der Waals surface area contributed by atoms with E-state index in [1.54, 1.807) is 12.1 Å². The molecule has 4 aromatic rings. The molecule has 2 aliphatic rings. The highest BCUT2D eigenvalue weighted by molar-refractivity contribution is 7.17. The van der Waals surface area contributed by atoms with Gasteiger partial charge in [-0.15, -0.1) is 22.7 Å². The van der Waals surface area contributed by atoms with Gasteiger partial charge >= 0.3 is 0 Å². The number of hydrogen-bond donors (Lipinski definition) is 3. The molecule has 4 N–H and O–H groups in total. The highest BCUT2D eigenvalue weighted by Crippen LogP contribution is 2.30. The normalized spacial score (nSPS) is 16.0. The maximum absolute atomic E-state index is 14.4. The van der Waals surface area contributed by atoms with Crippen LogP contribution in [0.25, 0.3) is 0 Å². The van der Waals surface area contributed by atoms with Gasteiger partial charge in [-0.3, -0.25) is 15.0 Å². The Hall–Kier alpha value is -2.35. The van der Waals surface area contributed by atoms with Crippen molar-refractivity contribution in [2.45, 2.75) is 50.4 Å². The van der Waals surface area contributed by atoms with Gasteiger partial charge in [0.1, 0.15) is 5.69 Å². The van der Waals surface area contributed by atoms with Crippen molar-refractivity contribution in [1.82, 2.24) is 20.4 Å². The number of nitrogens with one attached hydrogen (secondary N) is 2. The van der Waals surface area contributed by atoms with Crippen molar-refractivity contribution in [2.75, 3.05) is 32.2 Å². The van der Waals surface area contributed by atoms with Crippen molar-refractivity contribution in [2.24, 2.45) is 0 Å². The average molecular weight is 647 g/mol. The number of H-pyrrole nitrogens is 2. The Labute approximate surface area is 254 Å². The smallest absolute Gasteiger partial charge is 0.188 e. The number of anilines is 1. The molecule has 8 nitrogen and oxygen atoms in total. The number of aryl methyl sites for hydroxylation is 2. The number of nitrogen functional groups attached to an aromatic ring is 1. The standard InChI is InChI=1S/C14H16ClFN2OS.C8H12FN3O.C5H3ClOS/c15-12-4-2-10(20-12)1-3-11-13(16)14(18-17-11)9-5-7-19-8-6-9;9-6-7(11-12-8(6)10)5-1-3-13-4-2-5;6-5-2-1-4(3-7)8-5/h2,4,9H,1,3,5-8H2,(H,17,18);5H,1-4H2,(H3,10,11,12);1-3H. The van der Waals surface area contributed by atoms with Crippen LogP contribution >= 0.6 is 45.9 Å². The Morgan fingerprint density at radius 3 is 2.02 bits per heavy atom. The van der Waals surface area contributed by atoms with Crippen molar-refractivity contribution in [3.8, 4) is 0 Å². The van der Waals surface area contributed by atoms with E-state index >= 15 is 0 Å². The molecule has 6 heterocycles. The fourth-order valence-corrected chi connectivity index (χ4v) is 6.49. The Morgan fingerprint density at radius 2 is 1.51 bits per heavy atom. The lowest BCUT2D eigenvalue weighted by Gasteiger charge is -2.20. The zero-order valence-electron chi connectivity index (χ0n) is 22.1. The summed E-state index contributed by atoms with van der Waals surface area (Å²) in [6.07, 6.45) is 5.56. The van der Waals surface area contributed by atoms with Crippen molar-refractivity contribution >= 4 is 58.0 Å². The molecule has 0 unspecified atom stereocenters. The van der Waals surface area contributed by atoms with Gasteiger partial charge in [-0.1, -0.05) is 23.2 Å². The molecule has 6 rings (SSSR count). The minimum atomic E-state index is -0.396. The number of aromatic amines is 2. The summed E-state index contributed by atoms with van der Waals surface area (Å²) in [5, 5.41) is 13.3. The van der Waals surface area contributed by atoms with Gasteiger partial charge in [0.25, 0.3) is 0 Å². The number of rotatable bonds is 6. The molecule has 2 saturated heterocycles.